The van der Waals surface area contributed by atoms with Crippen molar-refractivity contribution in [1.82, 2.24) is 4.90 Å². The highest BCUT2D eigenvalue weighted by Gasteiger charge is 2.48. The Morgan fingerprint density at radius 3 is 2.53 bits per heavy atom. The molecular weight excluding hydrogens is 208 g/mol. The first-order valence-corrected chi connectivity index (χ1v) is 6.02. The molecule has 1 amide bonds. The maximum Gasteiger partial charge on any atom is 0.225 e. The Balaban J connectivity index is 1.77. The van der Waals surface area contributed by atoms with E-state index in [1.165, 1.54) is 6.42 Å². The van der Waals surface area contributed by atoms with Crippen LogP contribution >= 0.6 is 12.2 Å². The lowest BCUT2D eigenvalue weighted by Gasteiger charge is -2.21. The van der Waals surface area contributed by atoms with Gasteiger partial charge in [0.25, 0.3) is 0 Å². The summed E-state index contributed by atoms with van der Waals surface area (Å²) < 4.78 is 0. The smallest absolute Gasteiger partial charge is 0.225 e. The fourth-order valence-electron chi connectivity index (χ4n) is 2.62. The van der Waals surface area contributed by atoms with Gasteiger partial charge in [-0.05, 0) is 31.1 Å². The number of thiocarbonyl (C=S) groups is 1. The summed E-state index contributed by atoms with van der Waals surface area (Å²) in [5, 5.41) is 0. The average molecular weight is 226 g/mol. The van der Waals surface area contributed by atoms with Gasteiger partial charge in [0.2, 0.25) is 5.91 Å². The number of nitrogens with zero attached hydrogens (tertiary/aromatic N) is 1. The average Bonchev–Trinajstić information content (AvgIpc) is 2.81. The molecule has 0 radical (unpaired) electrons. The minimum Gasteiger partial charge on any atom is -0.393 e. The van der Waals surface area contributed by atoms with Crippen LogP contribution in [0.5, 0.6) is 0 Å². The Bertz CT molecular complexity index is 282. The Labute approximate surface area is 96.0 Å². The molecule has 0 heterocycles. The van der Waals surface area contributed by atoms with Gasteiger partial charge in [0, 0.05) is 25.9 Å². The van der Waals surface area contributed by atoms with Gasteiger partial charge in [-0.2, -0.15) is 0 Å². The third-order valence-corrected chi connectivity index (χ3v) is 3.87. The third-order valence-electron chi connectivity index (χ3n) is 3.66. The van der Waals surface area contributed by atoms with Crippen molar-refractivity contribution in [3.05, 3.63) is 0 Å². The highest BCUT2D eigenvalue weighted by atomic mass is 32.1. The van der Waals surface area contributed by atoms with E-state index >= 15 is 0 Å². The fraction of sp³-hybridized carbons (Fsp3) is 0.818. The summed E-state index contributed by atoms with van der Waals surface area (Å²) in [7, 11) is 1.85. The second-order valence-corrected chi connectivity index (χ2v) is 5.42. The van der Waals surface area contributed by atoms with E-state index in [0.29, 0.717) is 23.9 Å². The monoisotopic (exact) mass is 226 g/mol. The molecule has 4 heteroatoms. The summed E-state index contributed by atoms with van der Waals surface area (Å²) in [6, 6.07) is 0. The first-order valence-electron chi connectivity index (χ1n) is 5.61. The normalized spacial score (nSPS) is 32.2. The van der Waals surface area contributed by atoms with Crippen molar-refractivity contribution in [3.63, 3.8) is 0 Å². The van der Waals surface area contributed by atoms with Gasteiger partial charge < -0.3 is 10.6 Å². The van der Waals surface area contributed by atoms with Crippen molar-refractivity contribution in [1.29, 1.82) is 0 Å². The van der Waals surface area contributed by atoms with Crippen LogP contribution in [0.3, 0.4) is 0 Å². The van der Waals surface area contributed by atoms with Gasteiger partial charge >= 0.3 is 0 Å². The summed E-state index contributed by atoms with van der Waals surface area (Å²) in [6.07, 6.45) is 4.22. The molecule has 3 nitrogen and oxygen atoms in total. The van der Waals surface area contributed by atoms with Crippen LogP contribution in [0, 0.1) is 17.8 Å². The molecule has 2 rings (SSSR count). The lowest BCUT2D eigenvalue weighted by atomic mass is 10.0. The van der Waals surface area contributed by atoms with Crippen LogP contribution in [0.4, 0.5) is 0 Å². The Morgan fingerprint density at radius 1 is 1.40 bits per heavy atom. The molecule has 2 saturated carbocycles. The van der Waals surface area contributed by atoms with E-state index in [4.69, 9.17) is 18.0 Å². The molecule has 2 atom stereocenters. The zero-order valence-corrected chi connectivity index (χ0v) is 9.93. The molecule has 0 aliphatic heterocycles. The molecule has 84 valence electrons. The van der Waals surface area contributed by atoms with Crippen molar-refractivity contribution in [2.45, 2.75) is 25.7 Å². The summed E-state index contributed by atoms with van der Waals surface area (Å²) >= 11 is 4.80. The molecular formula is C11H18N2OS. The molecule has 2 N–H and O–H groups in total. The van der Waals surface area contributed by atoms with E-state index in [1.807, 2.05) is 7.05 Å². The maximum absolute atomic E-state index is 12.0. The van der Waals surface area contributed by atoms with Gasteiger partial charge in [-0.15, -0.1) is 0 Å². The first-order chi connectivity index (χ1) is 7.08. The largest absolute Gasteiger partial charge is 0.393 e. The highest BCUT2D eigenvalue weighted by molar-refractivity contribution is 7.80. The quantitative estimate of drug-likeness (QED) is 0.732. The minimum atomic E-state index is 0.282. The van der Waals surface area contributed by atoms with Crippen molar-refractivity contribution >= 4 is 23.1 Å². The molecule has 0 aromatic carbocycles. The van der Waals surface area contributed by atoms with Crippen LogP contribution in [0.25, 0.3) is 0 Å². The van der Waals surface area contributed by atoms with Gasteiger partial charge in [0.05, 0.1) is 4.99 Å². The zero-order chi connectivity index (χ0) is 11.0. The second-order valence-electron chi connectivity index (χ2n) is 4.90. The standard InChI is InChI=1S/C11H18N2OS/c1-13(3-2-10(12)15)11(14)9-5-7-4-8(7)6-9/h7-9H,2-6H2,1H3,(H2,12,15). The van der Waals surface area contributed by atoms with Gasteiger partial charge in [-0.1, -0.05) is 12.2 Å². The van der Waals surface area contributed by atoms with E-state index in [1.54, 1.807) is 4.90 Å². The van der Waals surface area contributed by atoms with Crippen molar-refractivity contribution in [2.24, 2.45) is 23.5 Å². The molecule has 2 fully saturated rings. The molecule has 2 aliphatic rings. The number of amides is 1. The van der Waals surface area contributed by atoms with E-state index in [0.717, 1.165) is 24.7 Å². The van der Waals surface area contributed by atoms with E-state index in [-0.39, 0.29) is 5.92 Å². The number of fused-ring (bicyclic) bond motifs is 1. The predicted octanol–water partition coefficient (Wildman–Crippen LogP) is 1.17. The number of carbonyl (C=O) groups is 1. The molecule has 15 heavy (non-hydrogen) atoms. The number of hydrogen-bond acceptors (Lipinski definition) is 2. The third kappa shape index (κ3) is 2.48. The van der Waals surface area contributed by atoms with Crippen LogP contribution in [-0.4, -0.2) is 29.4 Å². The summed E-state index contributed by atoms with van der Waals surface area (Å²) in [5.74, 6) is 2.30. The van der Waals surface area contributed by atoms with Gasteiger partial charge in [-0.25, -0.2) is 0 Å². The Morgan fingerprint density at radius 2 is 2.00 bits per heavy atom. The number of carbonyl (C=O) groups excluding carboxylic acids is 1. The fourth-order valence-corrected chi connectivity index (χ4v) is 2.71. The highest BCUT2D eigenvalue weighted by Crippen LogP contribution is 2.54. The van der Waals surface area contributed by atoms with Gasteiger partial charge in [0.15, 0.2) is 0 Å². The van der Waals surface area contributed by atoms with Crippen LogP contribution in [0.15, 0.2) is 0 Å². The molecule has 2 unspecified atom stereocenters. The van der Waals surface area contributed by atoms with Gasteiger partial charge in [-0.3, -0.25) is 4.79 Å². The van der Waals surface area contributed by atoms with E-state index in [9.17, 15) is 4.79 Å². The SMILES string of the molecule is CN(CCC(N)=S)C(=O)C1CC2CC2C1. The topological polar surface area (TPSA) is 46.3 Å². The first kappa shape index (κ1) is 10.9. The molecule has 0 aromatic heterocycles. The predicted molar refractivity (Wildman–Crippen MR) is 63.4 cm³/mol. The molecule has 0 saturated heterocycles. The number of hydrogen-bond donors (Lipinski definition) is 1. The van der Waals surface area contributed by atoms with Crippen molar-refractivity contribution < 1.29 is 4.79 Å². The number of nitrogens with two attached hydrogens (primary N) is 1. The van der Waals surface area contributed by atoms with Crippen LogP contribution in [0.2, 0.25) is 0 Å². The lowest BCUT2D eigenvalue weighted by molar-refractivity contribution is -0.134. The summed E-state index contributed by atoms with van der Waals surface area (Å²) in [4.78, 5) is 14.2. The van der Waals surface area contributed by atoms with Crippen LogP contribution in [0.1, 0.15) is 25.7 Å². The van der Waals surface area contributed by atoms with E-state index in [2.05, 4.69) is 0 Å². The van der Waals surface area contributed by atoms with Crippen LogP contribution < -0.4 is 5.73 Å². The summed E-state index contributed by atoms with van der Waals surface area (Å²) in [5.41, 5.74) is 5.42. The Kier molecular flexibility index (Phi) is 2.96. The van der Waals surface area contributed by atoms with Crippen LogP contribution in [-0.2, 0) is 4.79 Å². The van der Waals surface area contributed by atoms with Crippen molar-refractivity contribution in [3.8, 4) is 0 Å². The van der Waals surface area contributed by atoms with Crippen molar-refractivity contribution in [2.75, 3.05) is 13.6 Å². The summed E-state index contributed by atoms with van der Waals surface area (Å²) in [6.45, 7) is 0.667. The lowest BCUT2D eigenvalue weighted by Crippen LogP contribution is -2.34. The minimum absolute atomic E-state index is 0.282. The second kappa shape index (κ2) is 4.08. The van der Waals surface area contributed by atoms with E-state index < -0.39 is 0 Å². The molecule has 0 bridgehead atoms. The molecule has 2 aliphatic carbocycles. The zero-order valence-electron chi connectivity index (χ0n) is 9.11. The molecule has 0 aromatic rings. The van der Waals surface area contributed by atoms with Gasteiger partial charge in [0.1, 0.15) is 0 Å². The number of rotatable bonds is 4. The molecule has 0 spiro atoms. The Hall–Kier alpha value is -0.640. The maximum atomic E-state index is 12.0.